The summed E-state index contributed by atoms with van der Waals surface area (Å²) in [5.41, 5.74) is 6.90. The van der Waals surface area contributed by atoms with Gasteiger partial charge in [-0.3, -0.25) is 4.79 Å². The number of hydrogen-bond donors (Lipinski definition) is 2. The number of hydrogen-bond acceptors (Lipinski definition) is 3. The van der Waals surface area contributed by atoms with E-state index in [1.165, 1.54) is 0 Å². The molecule has 0 amide bonds. The van der Waals surface area contributed by atoms with Crippen LogP contribution in [0.5, 0.6) is 0 Å². The first-order valence-electron chi connectivity index (χ1n) is 7.48. The van der Waals surface area contributed by atoms with Gasteiger partial charge < -0.3 is 15.4 Å². The molecule has 5 heteroatoms. The molecular weight excluding hydrogens is 266 g/mol. The summed E-state index contributed by atoms with van der Waals surface area (Å²) < 4.78 is 2.17. The first-order chi connectivity index (χ1) is 10.0. The Labute approximate surface area is 124 Å². The molecule has 21 heavy (non-hydrogen) atoms. The summed E-state index contributed by atoms with van der Waals surface area (Å²) in [6.45, 7) is 4.64. The Bertz CT molecular complexity index is 635. The molecule has 0 saturated carbocycles. The molecular formula is C16H23N3O2. The normalized spacial score (nSPS) is 14.2. The van der Waals surface area contributed by atoms with Crippen LogP contribution in [0.4, 0.5) is 0 Å². The maximum atomic E-state index is 11.2. The minimum absolute atomic E-state index is 0.438. The number of fused-ring (bicyclic) bond motifs is 1. The molecule has 2 aromatic rings. The van der Waals surface area contributed by atoms with Gasteiger partial charge in [0.15, 0.2) is 0 Å². The standard InChI is InChI=1S/C16H23N3O2/c1-3-14-18-12-8-5-6-9-13(12)19(14)11-7-10-16(17,4-2)15(20)21/h5-6,8-9H,3-4,7,10-11,17H2,1-2H3,(H,20,21). The molecule has 1 aromatic heterocycles. The Morgan fingerprint density at radius 1 is 1.38 bits per heavy atom. The number of carboxylic acid groups (broad SMARTS) is 1. The zero-order valence-electron chi connectivity index (χ0n) is 12.7. The van der Waals surface area contributed by atoms with Gasteiger partial charge in [0.05, 0.1) is 11.0 Å². The lowest BCUT2D eigenvalue weighted by Crippen LogP contribution is -2.47. The van der Waals surface area contributed by atoms with Gasteiger partial charge in [-0.2, -0.15) is 0 Å². The molecule has 1 atom stereocenters. The van der Waals surface area contributed by atoms with Gasteiger partial charge >= 0.3 is 5.97 Å². The van der Waals surface area contributed by atoms with Crippen molar-refractivity contribution < 1.29 is 9.90 Å². The third-order valence-electron chi connectivity index (χ3n) is 4.11. The third kappa shape index (κ3) is 3.08. The monoisotopic (exact) mass is 289 g/mol. The number of nitrogens with zero attached hydrogens (tertiary/aromatic N) is 2. The van der Waals surface area contributed by atoms with Crippen LogP contribution in [-0.2, 0) is 17.8 Å². The summed E-state index contributed by atoms with van der Waals surface area (Å²) in [6.07, 6.45) is 2.49. The largest absolute Gasteiger partial charge is 0.480 e. The molecule has 0 aliphatic rings. The second kappa shape index (κ2) is 6.26. The van der Waals surface area contributed by atoms with Gasteiger partial charge in [-0.25, -0.2) is 4.98 Å². The number of carboxylic acids is 1. The van der Waals surface area contributed by atoms with Gasteiger partial charge in [-0.15, -0.1) is 0 Å². The van der Waals surface area contributed by atoms with E-state index in [1.807, 2.05) is 31.2 Å². The Morgan fingerprint density at radius 2 is 2.10 bits per heavy atom. The van der Waals surface area contributed by atoms with Crippen molar-refractivity contribution in [3.05, 3.63) is 30.1 Å². The summed E-state index contributed by atoms with van der Waals surface area (Å²) in [7, 11) is 0. The third-order valence-corrected chi connectivity index (χ3v) is 4.11. The van der Waals surface area contributed by atoms with Gasteiger partial charge in [-0.1, -0.05) is 26.0 Å². The fourth-order valence-corrected chi connectivity index (χ4v) is 2.63. The van der Waals surface area contributed by atoms with Gasteiger partial charge in [0.1, 0.15) is 11.4 Å². The SMILES string of the molecule is CCc1nc2ccccc2n1CCCC(N)(CC)C(=O)O. The lowest BCUT2D eigenvalue weighted by Gasteiger charge is -2.23. The minimum Gasteiger partial charge on any atom is -0.480 e. The fraction of sp³-hybridized carbons (Fsp3) is 0.500. The van der Waals surface area contributed by atoms with Gasteiger partial charge in [0.25, 0.3) is 0 Å². The number of carbonyl (C=O) groups is 1. The highest BCUT2D eigenvalue weighted by Gasteiger charge is 2.31. The number of aryl methyl sites for hydroxylation is 2. The predicted molar refractivity (Wildman–Crippen MR) is 83.2 cm³/mol. The van der Waals surface area contributed by atoms with Crippen molar-refractivity contribution in [2.45, 2.75) is 51.6 Å². The topological polar surface area (TPSA) is 81.1 Å². The van der Waals surface area contributed by atoms with Crippen molar-refractivity contribution in [2.75, 3.05) is 0 Å². The second-order valence-corrected chi connectivity index (χ2v) is 5.44. The highest BCUT2D eigenvalue weighted by Crippen LogP contribution is 2.20. The molecule has 0 bridgehead atoms. The van der Waals surface area contributed by atoms with E-state index in [9.17, 15) is 9.90 Å². The number of benzene rings is 1. The van der Waals surface area contributed by atoms with Crippen LogP contribution < -0.4 is 5.73 Å². The van der Waals surface area contributed by atoms with Crippen molar-refractivity contribution >= 4 is 17.0 Å². The average Bonchev–Trinajstić information content (AvgIpc) is 2.85. The van der Waals surface area contributed by atoms with Crippen LogP contribution in [0.25, 0.3) is 11.0 Å². The van der Waals surface area contributed by atoms with E-state index in [1.54, 1.807) is 0 Å². The minimum atomic E-state index is -1.12. The highest BCUT2D eigenvalue weighted by atomic mass is 16.4. The van der Waals surface area contributed by atoms with Crippen LogP contribution in [0, 0.1) is 0 Å². The Kier molecular flexibility index (Phi) is 4.63. The van der Waals surface area contributed by atoms with Crippen LogP contribution in [0.1, 0.15) is 38.9 Å². The van der Waals surface area contributed by atoms with Gasteiger partial charge in [-0.05, 0) is 31.4 Å². The molecule has 3 N–H and O–H groups in total. The fourth-order valence-electron chi connectivity index (χ4n) is 2.63. The summed E-state index contributed by atoms with van der Waals surface area (Å²) >= 11 is 0. The first-order valence-corrected chi connectivity index (χ1v) is 7.48. The molecule has 0 aliphatic carbocycles. The zero-order valence-corrected chi connectivity index (χ0v) is 12.7. The maximum Gasteiger partial charge on any atom is 0.323 e. The summed E-state index contributed by atoms with van der Waals surface area (Å²) in [4.78, 5) is 15.9. The molecule has 0 saturated heterocycles. The van der Waals surface area contributed by atoms with Crippen LogP contribution in [-0.4, -0.2) is 26.2 Å². The molecule has 1 aromatic carbocycles. The van der Waals surface area contributed by atoms with Crippen LogP contribution in [0.3, 0.4) is 0 Å². The number of nitrogens with two attached hydrogens (primary N) is 1. The maximum absolute atomic E-state index is 11.2. The van der Waals surface area contributed by atoms with E-state index >= 15 is 0 Å². The summed E-state index contributed by atoms with van der Waals surface area (Å²) in [6, 6.07) is 8.03. The predicted octanol–water partition coefficient (Wildman–Crippen LogP) is 2.57. The number of imidazole rings is 1. The van der Waals surface area contributed by atoms with Crippen molar-refractivity contribution in [2.24, 2.45) is 5.73 Å². The van der Waals surface area contributed by atoms with Crippen molar-refractivity contribution in [3.8, 4) is 0 Å². The molecule has 1 unspecified atom stereocenters. The van der Waals surface area contributed by atoms with E-state index in [4.69, 9.17) is 5.73 Å². The van der Waals surface area contributed by atoms with E-state index in [0.29, 0.717) is 12.8 Å². The number of aliphatic carboxylic acids is 1. The molecule has 0 spiro atoms. The number of aromatic nitrogens is 2. The van der Waals surface area contributed by atoms with Crippen LogP contribution >= 0.6 is 0 Å². The quantitative estimate of drug-likeness (QED) is 0.821. The van der Waals surface area contributed by atoms with Crippen LogP contribution in [0.2, 0.25) is 0 Å². The average molecular weight is 289 g/mol. The van der Waals surface area contributed by atoms with Gasteiger partial charge in [0.2, 0.25) is 0 Å². The van der Waals surface area contributed by atoms with Crippen LogP contribution in [0.15, 0.2) is 24.3 Å². The molecule has 2 rings (SSSR count). The van der Waals surface area contributed by atoms with Crippen molar-refractivity contribution in [3.63, 3.8) is 0 Å². The van der Waals surface area contributed by atoms with E-state index in [0.717, 1.165) is 36.2 Å². The molecule has 0 fully saturated rings. The summed E-state index contributed by atoms with van der Waals surface area (Å²) in [5.74, 6) is 0.113. The molecule has 1 heterocycles. The molecule has 0 radical (unpaired) electrons. The van der Waals surface area contributed by atoms with Crippen molar-refractivity contribution in [1.82, 2.24) is 9.55 Å². The van der Waals surface area contributed by atoms with E-state index < -0.39 is 11.5 Å². The Hall–Kier alpha value is -1.88. The van der Waals surface area contributed by atoms with Gasteiger partial charge in [0, 0.05) is 13.0 Å². The lowest BCUT2D eigenvalue weighted by atomic mass is 9.92. The molecule has 0 aliphatic heterocycles. The highest BCUT2D eigenvalue weighted by molar-refractivity contribution is 5.78. The number of para-hydroxylation sites is 2. The molecule has 5 nitrogen and oxygen atoms in total. The smallest absolute Gasteiger partial charge is 0.323 e. The lowest BCUT2D eigenvalue weighted by molar-refractivity contribution is -0.143. The van der Waals surface area contributed by atoms with Crippen molar-refractivity contribution in [1.29, 1.82) is 0 Å². The molecule has 114 valence electrons. The first kappa shape index (κ1) is 15.5. The zero-order chi connectivity index (χ0) is 15.5. The number of rotatable bonds is 7. The Balaban J connectivity index is 2.15. The van der Waals surface area contributed by atoms with E-state index in [2.05, 4.69) is 16.5 Å². The summed E-state index contributed by atoms with van der Waals surface area (Å²) in [5, 5.41) is 9.22. The van der Waals surface area contributed by atoms with E-state index in [-0.39, 0.29) is 0 Å². The Morgan fingerprint density at radius 3 is 2.71 bits per heavy atom. The second-order valence-electron chi connectivity index (χ2n) is 5.44.